The predicted molar refractivity (Wildman–Crippen MR) is 154 cm³/mol. The second kappa shape index (κ2) is 12.1. The van der Waals surface area contributed by atoms with Crippen LogP contribution in [0.15, 0.2) is 85.1 Å². The van der Waals surface area contributed by atoms with Crippen molar-refractivity contribution in [2.45, 2.75) is 18.5 Å². The summed E-state index contributed by atoms with van der Waals surface area (Å²) in [4.78, 5) is 39.7. The zero-order chi connectivity index (χ0) is 28.9. The number of hydrogen-bond donors (Lipinski definition) is 3. The van der Waals surface area contributed by atoms with Crippen molar-refractivity contribution >= 4 is 23.8 Å². The van der Waals surface area contributed by atoms with Crippen LogP contribution in [-0.4, -0.2) is 64.0 Å². The molecule has 0 radical (unpaired) electrons. The molecule has 10 nitrogen and oxygen atoms in total. The monoisotopic (exact) mass is 553 g/mol. The first-order valence-electron chi connectivity index (χ1n) is 13.2. The van der Waals surface area contributed by atoms with Gasteiger partial charge >= 0.3 is 12.1 Å². The normalized spacial score (nSPS) is 12.9. The highest BCUT2D eigenvalue weighted by Gasteiger charge is 2.30. The van der Waals surface area contributed by atoms with E-state index in [1.54, 1.807) is 14.1 Å². The Hall–Kier alpha value is -4.96. The van der Waals surface area contributed by atoms with Gasteiger partial charge in [-0.25, -0.2) is 9.59 Å². The maximum atomic E-state index is 13.1. The van der Waals surface area contributed by atoms with Crippen LogP contribution in [0.4, 0.5) is 10.6 Å². The number of carboxylic acid groups (broad SMARTS) is 1. The lowest BCUT2D eigenvalue weighted by atomic mass is 9.98. The fourth-order valence-corrected chi connectivity index (χ4v) is 5.18. The number of carbonyl (C=O) groups excluding carboxylic acids is 2. The predicted octanol–water partition coefficient (Wildman–Crippen LogP) is 4.10. The smallest absolute Gasteiger partial charge is 0.412 e. The molecule has 1 aliphatic rings. The van der Waals surface area contributed by atoms with Gasteiger partial charge in [-0.1, -0.05) is 78.9 Å². The van der Waals surface area contributed by atoms with E-state index in [-0.39, 0.29) is 30.5 Å². The number of nitrogens with zero attached hydrogens (tertiary/aromatic N) is 3. The van der Waals surface area contributed by atoms with Crippen LogP contribution in [0.2, 0.25) is 0 Å². The van der Waals surface area contributed by atoms with E-state index in [0.717, 1.165) is 27.8 Å². The van der Waals surface area contributed by atoms with Crippen LogP contribution in [0.1, 0.15) is 33.0 Å². The van der Waals surface area contributed by atoms with E-state index in [4.69, 9.17) is 4.74 Å². The summed E-state index contributed by atoms with van der Waals surface area (Å²) in [5.74, 6) is -1.87. The van der Waals surface area contributed by atoms with Gasteiger partial charge in [-0.15, -0.1) is 0 Å². The van der Waals surface area contributed by atoms with Crippen LogP contribution >= 0.6 is 0 Å². The molecule has 4 aromatic rings. The number of benzene rings is 3. The number of anilines is 1. The molecular weight excluding hydrogens is 522 g/mol. The van der Waals surface area contributed by atoms with E-state index in [2.05, 4.69) is 27.9 Å². The van der Waals surface area contributed by atoms with Gasteiger partial charge in [-0.2, -0.15) is 5.10 Å². The minimum Gasteiger partial charge on any atom is -0.480 e. The third kappa shape index (κ3) is 6.12. The van der Waals surface area contributed by atoms with Gasteiger partial charge in [0.05, 0.1) is 6.20 Å². The molecule has 0 aliphatic heterocycles. The molecule has 1 aliphatic carbocycles. The van der Waals surface area contributed by atoms with Crippen molar-refractivity contribution in [2.75, 3.05) is 25.5 Å². The number of aliphatic carboxylic acids is 1. The number of nitrogens with one attached hydrogen (secondary N) is 2. The number of rotatable bonds is 10. The Morgan fingerprint density at radius 2 is 1.59 bits per heavy atom. The van der Waals surface area contributed by atoms with Gasteiger partial charge in [0.25, 0.3) is 5.91 Å². The van der Waals surface area contributed by atoms with E-state index < -0.39 is 24.0 Å². The van der Waals surface area contributed by atoms with Crippen molar-refractivity contribution in [1.29, 1.82) is 0 Å². The third-order valence-electron chi connectivity index (χ3n) is 7.14. The maximum Gasteiger partial charge on any atom is 0.412 e. The van der Waals surface area contributed by atoms with Crippen LogP contribution in [-0.2, 0) is 23.1 Å². The maximum absolute atomic E-state index is 13.1. The molecule has 41 heavy (non-hydrogen) atoms. The van der Waals surface area contributed by atoms with Crippen molar-refractivity contribution in [3.05, 3.63) is 107 Å². The molecule has 0 bridgehead atoms. The molecule has 1 atom stereocenters. The Balaban J connectivity index is 1.22. The van der Waals surface area contributed by atoms with Gasteiger partial charge in [-0.05, 0) is 34.9 Å². The fourth-order valence-electron chi connectivity index (χ4n) is 5.18. The summed E-state index contributed by atoms with van der Waals surface area (Å²) in [7, 11) is 3.35. The van der Waals surface area contributed by atoms with Gasteiger partial charge < -0.3 is 15.2 Å². The van der Waals surface area contributed by atoms with E-state index in [1.807, 2.05) is 71.6 Å². The summed E-state index contributed by atoms with van der Waals surface area (Å²) in [6.45, 7) is 0.696. The minimum absolute atomic E-state index is 0.0259. The molecule has 3 N–H and O–H groups in total. The first kappa shape index (κ1) is 27.6. The van der Waals surface area contributed by atoms with E-state index in [9.17, 15) is 19.5 Å². The van der Waals surface area contributed by atoms with Gasteiger partial charge in [0.15, 0.2) is 0 Å². The highest BCUT2D eigenvalue weighted by atomic mass is 16.5. The lowest BCUT2D eigenvalue weighted by Gasteiger charge is -2.22. The highest BCUT2D eigenvalue weighted by molar-refractivity contribution is 6.03. The standard InChI is InChI=1S/C31H31N5O5/c1-35(17-20-10-4-3-5-11-20)18-27(30(38)39)33-29(37)25-16-32-36(2)28(25)34-31(40)41-19-26-23-14-8-6-12-21(23)22-13-7-9-15-24(22)26/h3-16,26-27H,17-19H2,1-2H3,(H,33,37)(H,34,40)(H,38,39). The summed E-state index contributed by atoms with van der Waals surface area (Å²) in [6.07, 6.45) is 0.531. The molecule has 0 fully saturated rings. The van der Waals surface area contributed by atoms with Crippen molar-refractivity contribution in [3.8, 4) is 11.1 Å². The number of hydrogen-bond acceptors (Lipinski definition) is 6. The van der Waals surface area contributed by atoms with Crippen molar-refractivity contribution < 1.29 is 24.2 Å². The van der Waals surface area contributed by atoms with Crippen LogP contribution in [0.25, 0.3) is 11.1 Å². The van der Waals surface area contributed by atoms with Crippen LogP contribution in [0.3, 0.4) is 0 Å². The lowest BCUT2D eigenvalue weighted by molar-refractivity contribution is -0.139. The highest BCUT2D eigenvalue weighted by Crippen LogP contribution is 2.44. The average molecular weight is 554 g/mol. The Kier molecular flexibility index (Phi) is 8.11. The van der Waals surface area contributed by atoms with Crippen LogP contribution in [0, 0.1) is 0 Å². The first-order chi connectivity index (χ1) is 19.8. The Morgan fingerprint density at radius 3 is 2.22 bits per heavy atom. The number of carboxylic acids is 1. The van der Waals surface area contributed by atoms with Gasteiger partial charge in [-0.3, -0.25) is 19.7 Å². The summed E-state index contributed by atoms with van der Waals surface area (Å²) in [5.41, 5.74) is 5.44. The Bertz CT molecular complexity index is 1520. The Morgan fingerprint density at radius 1 is 0.976 bits per heavy atom. The molecule has 2 amide bonds. The molecule has 0 spiro atoms. The molecular formula is C31H31N5O5. The number of carbonyl (C=O) groups is 3. The number of fused-ring (bicyclic) bond motifs is 3. The molecule has 1 unspecified atom stereocenters. The molecule has 1 heterocycles. The molecule has 3 aromatic carbocycles. The Labute approximate surface area is 237 Å². The SMILES string of the molecule is CN(Cc1ccccc1)CC(NC(=O)c1cnn(C)c1NC(=O)OCC1c2ccccc2-c2ccccc21)C(=O)O. The summed E-state index contributed by atoms with van der Waals surface area (Å²) in [5, 5.41) is 19.0. The zero-order valence-corrected chi connectivity index (χ0v) is 22.8. The molecule has 210 valence electrons. The number of aromatic nitrogens is 2. The molecule has 0 saturated heterocycles. The van der Waals surface area contributed by atoms with Crippen molar-refractivity contribution in [2.24, 2.45) is 7.05 Å². The quantitative estimate of drug-likeness (QED) is 0.270. The molecule has 0 saturated carbocycles. The minimum atomic E-state index is -1.18. The topological polar surface area (TPSA) is 126 Å². The van der Waals surface area contributed by atoms with Crippen molar-refractivity contribution in [3.63, 3.8) is 0 Å². The number of amides is 2. The van der Waals surface area contributed by atoms with Gasteiger partial charge in [0.2, 0.25) is 0 Å². The second-order valence-electron chi connectivity index (χ2n) is 10.0. The van der Waals surface area contributed by atoms with E-state index in [0.29, 0.717) is 6.54 Å². The first-order valence-corrected chi connectivity index (χ1v) is 13.2. The number of ether oxygens (including phenoxy) is 1. The number of likely N-dealkylation sites (N-methyl/N-ethyl adjacent to an activating group) is 1. The van der Waals surface area contributed by atoms with Gasteiger partial charge in [0, 0.05) is 26.1 Å². The lowest BCUT2D eigenvalue weighted by Crippen LogP contribution is -2.47. The molecule has 5 rings (SSSR count). The summed E-state index contributed by atoms with van der Waals surface area (Å²) >= 11 is 0. The summed E-state index contributed by atoms with van der Waals surface area (Å²) < 4.78 is 6.93. The molecule has 10 heteroatoms. The fraction of sp³-hybridized carbons (Fsp3) is 0.226. The van der Waals surface area contributed by atoms with Crippen LogP contribution in [0.5, 0.6) is 0 Å². The summed E-state index contributed by atoms with van der Waals surface area (Å²) in [6, 6.07) is 24.5. The van der Waals surface area contributed by atoms with Crippen molar-refractivity contribution in [1.82, 2.24) is 20.0 Å². The third-order valence-corrected chi connectivity index (χ3v) is 7.14. The number of aryl methyl sites for hydroxylation is 1. The van der Waals surface area contributed by atoms with Gasteiger partial charge in [0.1, 0.15) is 24.0 Å². The molecule has 1 aromatic heterocycles. The zero-order valence-electron chi connectivity index (χ0n) is 22.8. The second-order valence-corrected chi connectivity index (χ2v) is 10.0. The average Bonchev–Trinajstić information content (AvgIpc) is 3.49. The van der Waals surface area contributed by atoms with E-state index in [1.165, 1.54) is 10.9 Å². The van der Waals surface area contributed by atoms with E-state index >= 15 is 0 Å². The van der Waals surface area contributed by atoms with Crippen LogP contribution < -0.4 is 10.6 Å². The largest absolute Gasteiger partial charge is 0.480 e.